The Morgan fingerprint density at radius 3 is 2.22 bits per heavy atom. The molecule has 96 valence electrons. The zero-order valence-electron chi connectivity index (χ0n) is 9.14. The number of allylic oxidation sites excluding steroid dienone is 1. The molecule has 0 spiro atoms. The van der Waals surface area contributed by atoms with Gasteiger partial charge >= 0.3 is 6.18 Å². The maximum absolute atomic E-state index is 12.4. The number of halogens is 4. The van der Waals surface area contributed by atoms with Gasteiger partial charge in [-0.1, -0.05) is 23.7 Å². The number of benzene rings is 1. The Morgan fingerprint density at radius 2 is 1.78 bits per heavy atom. The Kier molecular flexibility index (Phi) is 3.34. The zero-order valence-corrected chi connectivity index (χ0v) is 9.90. The van der Waals surface area contributed by atoms with Gasteiger partial charge in [-0.05, 0) is 24.1 Å². The molecule has 18 heavy (non-hydrogen) atoms. The van der Waals surface area contributed by atoms with E-state index < -0.39 is 11.7 Å². The van der Waals surface area contributed by atoms with Crippen molar-refractivity contribution in [3.63, 3.8) is 0 Å². The smallest absolute Gasteiger partial charge is 0.328 e. The molecule has 0 unspecified atom stereocenters. The molecule has 1 aliphatic heterocycles. The summed E-state index contributed by atoms with van der Waals surface area (Å²) in [6.07, 6.45) is -3.52. The highest BCUT2D eigenvalue weighted by Gasteiger charge is 2.30. The third kappa shape index (κ3) is 2.67. The topological polar surface area (TPSA) is 29.1 Å². The fraction of sp³-hybridized carbons (Fsp3) is 0.250. The Bertz CT molecular complexity index is 505. The SMILES string of the molecule is O=C1CC/C(=C(/Cl)c2ccc(C(F)(F)F)cc2)N1. The van der Waals surface area contributed by atoms with E-state index in [-0.39, 0.29) is 10.9 Å². The molecule has 1 aromatic rings. The van der Waals surface area contributed by atoms with Crippen molar-refractivity contribution in [1.82, 2.24) is 5.32 Å². The number of nitrogens with one attached hydrogen (secondary N) is 1. The molecule has 0 aliphatic carbocycles. The highest BCUT2D eigenvalue weighted by atomic mass is 35.5. The van der Waals surface area contributed by atoms with Gasteiger partial charge in [0.2, 0.25) is 5.91 Å². The van der Waals surface area contributed by atoms with E-state index in [0.29, 0.717) is 24.1 Å². The number of hydrogen-bond acceptors (Lipinski definition) is 1. The standard InChI is InChI=1S/C12H9ClF3NO/c13-11(9-5-6-10(18)17-9)7-1-3-8(4-2-7)12(14,15)16/h1-4H,5-6H2,(H,17,18)/b11-9-. The minimum atomic E-state index is -4.36. The monoisotopic (exact) mass is 275 g/mol. The van der Waals surface area contributed by atoms with Gasteiger partial charge in [0, 0.05) is 12.1 Å². The lowest BCUT2D eigenvalue weighted by molar-refractivity contribution is -0.137. The largest absolute Gasteiger partial charge is 0.416 e. The Hall–Kier alpha value is -1.49. The summed E-state index contributed by atoms with van der Waals surface area (Å²) in [6.45, 7) is 0. The second-order valence-corrected chi connectivity index (χ2v) is 4.29. The second kappa shape index (κ2) is 4.65. The molecule has 1 aliphatic rings. The van der Waals surface area contributed by atoms with E-state index in [1.807, 2.05) is 0 Å². The zero-order chi connectivity index (χ0) is 13.3. The fourth-order valence-electron chi connectivity index (χ4n) is 1.68. The quantitative estimate of drug-likeness (QED) is 0.835. The van der Waals surface area contributed by atoms with Gasteiger partial charge in [-0.25, -0.2) is 0 Å². The number of hydrogen-bond donors (Lipinski definition) is 1. The predicted molar refractivity (Wildman–Crippen MR) is 61.6 cm³/mol. The van der Waals surface area contributed by atoms with Crippen LogP contribution in [0.25, 0.3) is 5.03 Å². The molecular formula is C12H9ClF3NO. The van der Waals surface area contributed by atoms with Crippen molar-refractivity contribution in [2.45, 2.75) is 19.0 Å². The molecule has 6 heteroatoms. The Labute approximate surface area is 106 Å². The van der Waals surface area contributed by atoms with Crippen LogP contribution in [0.2, 0.25) is 0 Å². The summed E-state index contributed by atoms with van der Waals surface area (Å²) in [4.78, 5) is 11.0. The summed E-state index contributed by atoms with van der Waals surface area (Å²) in [5, 5.41) is 2.87. The van der Waals surface area contributed by atoms with Crippen LogP contribution in [0.5, 0.6) is 0 Å². The van der Waals surface area contributed by atoms with Crippen LogP contribution in [0.15, 0.2) is 30.0 Å². The summed E-state index contributed by atoms with van der Waals surface area (Å²) >= 11 is 6.03. The minimum absolute atomic E-state index is 0.130. The lowest BCUT2D eigenvalue weighted by Gasteiger charge is -2.08. The third-order valence-corrected chi connectivity index (χ3v) is 3.07. The van der Waals surface area contributed by atoms with Gasteiger partial charge in [-0.2, -0.15) is 13.2 Å². The number of carbonyl (C=O) groups excluding carboxylic acids is 1. The van der Waals surface area contributed by atoms with E-state index in [2.05, 4.69) is 5.32 Å². The number of carbonyl (C=O) groups is 1. The molecule has 0 atom stereocenters. The lowest BCUT2D eigenvalue weighted by atomic mass is 10.1. The first kappa shape index (κ1) is 13.0. The minimum Gasteiger partial charge on any atom is -0.328 e. The molecule has 0 saturated carbocycles. The van der Waals surface area contributed by atoms with Crippen LogP contribution in [0.3, 0.4) is 0 Å². The van der Waals surface area contributed by atoms with Gasteiger partial charge in [0.25, 0.3) is 0 Å². The highest BCUT2D eigenvalue weighted by molar-refractivity contribution is 6.49. The molecule has 1 amide bonds. The van der Waals surface area contributed by atoms with Crippen molar-refractivity contribution in [2.24, 2.45) is 0 Å². The maximum atomic E-state index is 12.4. The average molecular weight is 276 g/mol. The van der Waals surface area contributed by atoms with Crippen molar-refractivity contribution < 1.29 is 18.0 Å². The molecule has 0 aromatic heterocycles. The van der Waals surface area contributed by atoms with Gasteiger partial charge in [-0.3, -0.25) is 4.79 Å². The van der Waals surface area contributed by atoms with E-state index in [9.17, 15) is 18.0 Å². The molecule has 0 radical (unpaired) electrons. The van der Waals surface area contributed by atoms with Gasteiger partial charge in [0.1, 0.15) is 0 Å². The van der Waals surface area contributed by atoms with Crippen LogP contribution in [0.4, 0.5) is 13.2 Å². The van der Waals surface area contributed by atoms with Crippen LogP contribution in [0, 0.1) is 0 Å². The molecule has 2 nitrogen and oxygen atoms in total. The van der Waals surface area contributed by atoms with E-state index in [1.165, 1.54) is 12.1 Å². The normalized spacial score (nSPS) is 18.8. The van der Waals surface area contributed by atoms with E-state index in [4.69, 9.17) is 11.6 Å². The fourth-order valence-corrected chi connectivity index (χ4v) is 1.94. The van der Waals surface area contributed by atoms with E-state index in [0.717, 1.165) is 12.1 Å². The predicted octanol–water partition coefficient (Wildman–Crippen LogP) is 3.52. The lowest BCUT2D eigenvalue weighted by Crippen LogP contribution is -2.12. The van der Waals surface area contributed by atoms with Crippen LogP contribution in [0.1, 0.15) is 24.0 Å². The highest BCUT2D eigenvalue weighted by Crippen LogP contribution is 2.32. The van der Waals surface area contributed by atoms with Crippen LogP contribution in [-0.2, 0) is 11.0 Å². The van der Waals surface area contributed by atoms with Crippen molar-refractivity contribution in [3.8, 4) is 0 Å². The first-order valence-corrected chi connectivity index (χ1v) is 5.62. The summed E-state index contributed by atoms with van der Waals surface area (Å²) in [6, 6.07) is 4.52. The van der Waals surface area contributed by atoms with E-state index >= 15 is 0 Å². The van der Waals surface area contributed by atoms with Crippen LogP contribution >= 0.6 is 11.6 Å². The summed E-state index contributed by atoms with van der Waals surface area (Å²) in [7, 11) is 0. The molecule has 1 N–H and O–H groups in total. The molecule has 1 fully saturated rings. The first-order valence-electron chi connectivity index (χ1n) is 5.24. The van der Waals surface area contributed by atoms with Gasteiger partial charge in [-0.15, -0.1) is 0 Å². The molecule has 0 bridgehead atoms. The number of rotatable bonds is 1. The molecule has 1 saturated heterocycles. The van der Waals surface area contributed by atoms with Crippen molar-refractivity contribution in [1.29, 1.82) is 0 Å². The molecule has 1 aromatic carbocycles. The van der Waals surface area contributed by atoms with Crippen molar-refractivity contribution in [2.75, 3.05) is 0 Å². The van der Waals surface area contributed by atoms with E-state index in [1.54, 1.807) is 0 Å². The molecule has 2 rings (SSSR count). The van der Waals surface area contributed by atoms with Crippen LogP contribution in [-0.4, -0.2) is 5.91 Å². The summed E-state index contributed by atoms with van der Waals surface area (Å²) < 4.78 is 37.1. The van der Waals surface area contributed by atoms with Crippen molar-refractivity contribution >= 4 is 22.5 Å². The number of amides is 1. The van der Waals surface area contributed by atoms with Crippen molar-refractivity contribution in [3.05, 3.63) is 41.1 Å². The second-order valence-electron chi connectivity index (χ2n) is 3.92. The Balaban J connectivity index is 2.28. The summed E-state index contributed by atoms with van der Waals surface area (Å²) in [5.74, 6) is -0.130. The molecular weight excluding hydrogens is 267 g/mol. The summed E-state index contributed by atoms with van der Waals surface area (Å²) in [5.41, 5.74) is 0.291. The maximum Gasteiger partial charge on any atom is 0.416 e. The van der Waals surface area contributed by atoms with Gasteiger partial charge in [0.15, 0.2) is 0 Å². The van der Waals surface area contributed by atoms with Crippen LogP contribution < -0.4 is 5.32 Å². The number of alkyl halides is 3. The molecule has 1 heterocycles. The Morgan fingerprint density at radius 1 is 1.17 bits per heavy atom. The first-order chi connectivity index (χ1) is 8.38. The van der Waals surface area contributed by atoms with Gasteiger partial charge < -0.3 is 5.32 Å². The average Bonchev–Trinajstić information content (AvgIpc) is 2.74. The third-order valence-electron chi connectivity index (χ3n) is 2.62. The van der Waals surface area contributed by atoms with Gasteiger partial charge in [0.05, 0.1) is 10.6 Å².